The molecule has 1 saturated heterocycles. The number of hydrogen-bond donors (Lipinski definition) is 2. The smallest absolute Gasteiger partial charge is 0.191 e. The standard InChI is InChI=1S/C23H40N4O2.HI/c1-4-24-23(25-13-8-14-29-19-21-11-15-28-16-12-21)26-18-22(27(2)3)17-20-9-6-5-7-10-20;/h5-7,9-10,21-22H,4,8,11-19H2,1-3H3,(H2,24,25,26);1H. The zero-order valence-corrected chi connectivity index (χ0v) is 21.3. The Kier molecular flexibility index (Phi) is 15.2. The van der Waals surface area contributed by atoms with Gasteiger partial charge in [-0.25, -0.2) is 0 Å². The van der Waals surface area contributed by atoms with Crippen molar-refractivity contribution in [3.05, 3.63) is 35.9 Å². The molecule has 6 nitrogen and oxygen atoms in total. The SMILES string of the molecule is CCNC(=NCC(Cc1ccccc1)N(C)C)NCCCOCC1CCOCC1.I. The maximum Gasteiger partial charge on any atom is 0.191 e. The van der Waals surface area contributed by atoms with Gasteiger partial charge in [0.15, 0.2) is 5.96 Å². The Balaban J connectivity index is 0.00000450. The second-order valence-electron chi connectivity index (χ2n) is 7.94. The molecule has 0 aromatic heterocycles. The summed E-state index contributed by atoms with van der Waals surface area (Å²) in [5.41, 5.74) is 1.35. The van der Waals surface area contributed by atoms with Crippen LogP contribution in [0.4, 0.5) is 0 Å². The molecule has 1 fully saturated rings. The third-order valence-corrected chi connectivity index (χ3v) is 5.30. The number of nitrogens with zero attached hydrogens (tertiary/aromatic N) is 2. The van der Waals surface area contributed by atoms with Gasteiger partial charge in [0.25, 0.3) is 0 Å². The van der Waals surface area contributed by atoms with Crippen LogP contribution < -0.4 is 10.6 Å². The van der Waals surface area contributed by atoms with Gasteiger partial charge in [0.1, 0.15) is 0 Å². The van der Waals surface area contributed by atoms with Crippen LogP contribution in [0.2, 0.25) is 0 Å². The third kappa shape index (κ3) is 11.5. The fraction of sp³-hybridized carbons (Fsp3) is 0.696. The maximum atomic E-state index is 5.85. The molecule has 1 aromatic rings. The largest absolute Gasteiger partial charge is 0.381 e. The topological polar surface area (TPSA) is 58.1 Å². The number of nitrogens with one attached hydrogen (secondary N) is 2. The van der Waals surface area contributed by atoms with E-state index in [4.69, 9.17) is 14.5 Å². The second kappa shape index (κ2) is 16.8. The lowest BCUT2D eigenvalue weighted by molar-refractivity contribution is 0.0203. The van der Waals surface area contributed by atoms with Gasteiger partial charge >= 0.3 is 0 Å². The summed E-state index contributed by atoms with van der Waals surface area (Å²) in [6.07, 6.45) is 4.24. The molecule has 172 valence electrons. The van der Waals surface area contributed by atoms with Crippen LogP contribution >= 0.6 is 24.0 Å². The predicted molar refractivity (Wildman–Crippen MR) is 136 cm³/mol. The van der Waals surface area contributed by atoms with E-state index in [2.05, 4.69) is 66.9 Å². The third-order valence-electron chi connectivity index (χ3n) is 5.30. The maximum absolute atomic E-state index is 5.85. The van der Waals surface area contributed by atoms with E-state index >= 15 is 0 Å². The average molecular weight is 533 g/mol. The molecule has 0 spiro atoms. The number of benzene rings is 1. The molecule has 1 aromatic carbocycles. The number of aliphatic imine (C=N–C) groups is 1. The highest BCUT2D eigenvalue weighted by Gasteiger charge is 2.14. The van der Waals surface area contributed by atoms with Gasteiger partial charge in [-0.2, -0.15) is 0 Å². The van der Waals surface area contributed by atoms with E-state index in [9.17, 15) is 0 Å². The molecule has 0 aliphatic carbocycles. The van der Waals surface area contributed by atoms with Crippen LogP contribution in [0.1, 0.15) is 31.7 Å². The van der Waals surface area contributed by atoms with Crippen molar-refractivity contribution in [2.75, 3.05) is 60.2 Å². The van der Waals surface area contributed by atoms with Crippen molar-refractivity contribution < 1.29 is 9.47 Å². The normalized spacial score (nSPS) is 16.2. The molecular formula is C23H41IN4O2. The van der Waals surface area contributed by atoms with Gasteiger partial charge in [-0.1, -0.05) is 30.3 Å². The molecule has 1 heterocycles. The summed E-state index contributed by atoms with van der Waals surface area (Å²) in [4.78, 5) is 7.07. The number of halogens is 1. The lowest BCUT2D eigenvalue weighted by Gasteiger charge is -2.23. The van der Waals surface area contributed by atoms with Gasteiger partial charge in [-0.15, -0.1) is 24.0 Å². The van der Waals surface area contributed by atoms with E-state index in [0.29, 0.717) is 12.0 Å². The monoisotopic (exact) mass is 532 g/mol. The summed E-state index contributed by atoms with van der Waals surface area (Å²) in [5, 5.41) is 6.79. The first kappa shape index (κ1) is 27.1. The quantitative estimate of drug-likeness (QED) is 0.188. The molecule has 0 saturated carbocycles. The Hall–Kier alpha value is -0.900. The first-order chi connectivity index (χ1) is 14.2. The number of rotatable bonds is 12. The summed E-state index contributed by atoms with van der Waals surface area (Å²) in [6.45, 7) is 8.01. The van der Waals surface area contributed by atoms with Crippen molar-refractivity contribution in [1.82, 2.24) is 15.5 Å². The van der Waals surface area contributed by atoms with Crippen LogP contribution in [-0.4, -0.2) is 77.1 Å². The van der Waals surface area contributed by atoms with E-state index < -0.39 is 0 Å². The molecule has 0 radical (unpaired) electrons. The van der Waals surface area contributed by atoms with Gasteiger partial charge in [-0.05, 0) is 58.2 Å². The fourth-order valence-electron chi connectivity index (χ4n) is 3.38. The zero-order chi connectivity index (χ0) is 20.7. The number of likely N-dealkylation sites (N-methyl/N-ethyl adjacent to an activating group) is 1. The first-order valence-electron chi connectivity index (χ1n) is 11.1. The van der Waals surface area contributed by atoms with Crippen LogP contribution in [0.25, 0.3) is 0 Å². The van der Waals surface area contributed by atoms with Crippen molar-refractivity contribution >= 4 is 29.9 Å². The minimum absolute atomic E-state index is 0. The zero-order valence-electron chi connectivity index (χ0n) is 18.9. The van der Waals surface area contributed by atoms with Crippen molar-refractivity contribution in [3.63, 3.8) is 0 Å². The molecule has 1 aliphatic rings. The molecule has 0 bridgehead atoms. The summed E-state index contributed by atoms with van der Waals surface area (Å²) >= 11 is 0. The van der Waals surface area contributed by atoms with E-state index in [1.165, 1.54) is 5.56 Å². The highest BCUT2D eigenvalue weighted by molar-refractivity contribution is 14.0. The minimum atomic E-state index is 0. The van der Waals surface area contributed by atoms with Crippen molar-refractivity contribution in [2.24, 2.45) is 10.9 Å². The van der Waals surface area contributed by atoms with E-state index in [0.717, 1.165) is 77.7 Å². The Labute approximate surface area is 200 Å². The molecule has 1 atom stereocenters. The van der Waals surface area contributed by atoms with Gasteiger partial charge in [0.05, 0.1) is 6.54 Å². The molecule has 30 heavy (non-hydrogen) atoms. The Bertz CT molecular complexity index is 566. The van der Waals surface area contributed by atoms with Crippen molar-refractivity contribution in [2.45, 2.75) is 38.6 Å². The number of hydrogen-bond acceptors (Lipinski definition) is 4. The summed E-state index contributed by atoms with van der Waals surface area (Å²) in [7, 11) is 4.25. The Morgan fingerprint density at radius 2 is 1.93 bits per heavy atom. The van der Waals surface area contributed by atoms with Gasteiger partial charge in [-0.3, -0.25) is 4.99 Å². The number of ether oxygens (including phenoxy) is 2. The van der Waals surface area contributed by atoms with Crippen molar-refractivity contribution in [3.8, 4) is 0 Å². The Morgan fingerprint density at radius 3 is 2.60 bits per heavy atom. The summed E-state index contributed by atoms with van der Waals surface area (Å²) < 4.78 is 11.2. The van der Waals surface area contributed by atoms with E-state index in [1.807, 2.05) is 0 Å². The highest BCUT2D eigenvalue weighted by Crippen LogP contribution is 2.14. The lowest BCUT2D eigenvalue weighted by Crippen LogP contribution is -2.40. The fourth-order valence-corrected chi connectivity index (χ4v) is 3.38. The van der Waals surface area contributed by atoms with Gasteiger partial charge in [0.2, 0.25) is 0 Å². The summed E-state index contributed by atoms with van der Waals surface area (Å²) in [5.74, 6) is 1.56. The van der Waals surface area contributed by atoms with Crippen LogP contribution in [0.15, 0.2) is 35.3 Å². The molecule has 1 unspecified atom stereocenters. The van der Waals surface area contributed by atoms with Crippen LogP contribution in [0.3, 0.4) is 0 Å². The molecule has 2 rings (SSSR count). The molecule has 0 amide bonds. The molecule has 2 N–H and O–H groups in total. The average Bonchev–Trinajstić information content (AvgIpc) is 2.74. The van der Waals surface area contributed by atoms with Gasteiger partial charge in [0, 0.05) is 45.6 Å². The molecular weight excluding hydrogens is 491 g/mol. The lowest BCUT2D eigenvalue weighted by atomic mass is 10.0. The second-order valence-corrected chi connectivity index (χ2v) is 7.94. The van der Waals surface area contributed by atoms with Crippen LogP contribution in [0.5, 0.6) is 0 Å². The predicted octanol–water partition coefficient (Wildman–Crippen LogP) is 3.17. The van der Waals surface area contributed by atoms with Crippen molar-refractivity contribution in [1.29, 1.82) is 0 Å². The minimum Gasteiger partial charge on any atom is -0.381 e. The first-order valence-corrected chi connectivity index (χ1v) is 11.1. The van der Waals surface area contributed by atoms with Crippen LogP contribution in [0, 0.1) is 5.92 Å². The van der Waals surface area contributed by atoms with Crippen LogP contribution in [-0.2, 0) is 15.9 Å². The van der Waals surface area contributed by atoms with Gasteiger partial charge < -0.3 is 25.0 Å². The number of guanidine groups is 1. The van der Waals surface area contributed by atoms with E-state index in [1.54, 1.807) is 0 Å². The highest BCUT2D eigenvalue weighted by atomic mass is 127. The summed E-state index contributed by atoms with van der Waals surface area (Å²) in [6, 6.07) is 11.0. The molecule has 1 aliphatic heterocycles. The Morgan fingerprint density at radius 1 is 1.20 bits per heavy atom. The molecule has 7 heteroatoms. The van der Waals surface area contributed by atoms with E-state index in [-0.39, 0.29) is 24.0 Å².